The highest BCUT2D eigenvalue weighted by atomic mass is 19.4. The lowest BCUT2D eigenvalue weighted by molar-refractivity contribution is -0.137. The molecule has 1 saturated heterocycles. The number of carbonyl (C=O) groups excluding carboxylic acids is 4. The number of ketones is 1. The maximum absolute atomic E-state index is 13.8. The van der Waals surface area contributed by atoms with E-state index in [2.05, 4.69) is 20.5 Å². The standard InChI is InChI=1S/C42H46F3N5O5/c1-4-49(5-2)34-16-17-36(35(25-34)37-24-30(18-19-46-37)39(52)47-26-28-10-6-14-33(22-28)42(43,44)45)48-40(53)29-11-7-12-31(23-29)41(54)50-20-8-13-32(27-50)38(51)15-9-21-55-3/h6-7,10-12,14,16-19,22-25,32H,4-5,8-9,13,15,20-21,26-27H2,1-3H3,(H,47,52)(H,48,53)/t32-/m0/s1. The molecule has 0 bridgehead atoms. The van der Waals surface area contributed by atoms with Crippen molar-refractivity contribution < 1.29 is 37.1 Å². The Morgan fingerprint density at radius 1 is 0.909 bits per heavy atom. The van der Waals surface area contributed by atoms with Crippen molar-refractivity contribution in [3.8, 4) is 11.3 Å². The first-order chi connectivity index (χ1) is 26.4. The van der Waals surface area contributed by atoms with E-state index >= 15 is 0 Å². The average molecular weight is 758 g/mol. The van der Waals surface area contributed by atoms with Gasteiger partial charge in [0.25, 0.3) is 17.7 Å². The second-order valence-electron chi connectivity index (χ2n) is 13.4. The first kappa shape index (κ1) is 40.6. The molecule has 0 spiro atoms. The molecule has 55 heavy (non-hydrogen) atoms. The number of halogens is 3. The third kappa shape index (κ3) is 10.6. The van der Waals surface area contributed by atoms with Crippen molar-refractivity contribution >= 4 is 34.9 Å². The monoisotopic (exact) mass is 757 g/mol. The number of Topliss-reactive ketones (excluding diaryl/α,β-unsaturated/α-hetero) is 1. The molecule has 1 aliphatic heterocycles. The summed E-state index contributed by atoms with van der Waals surface area (Å²) in [6.45, 7) is 6.71. The number of methoxy groups -OCH3 is 1. The van der Waals surface area contributed by atoms with Gasteiger partial charge >= 0.3 is 6.18 Å². The minimum atomic E-state index is -4.50. The van der Waals surface area contributed by atoms with Gasteiger partial charge in [0.05, 0.1) is 16.9 Å². The van der Waals surface area contributed by atoms with Gasteiger partial charge in [0.15, 0.2) is 0 Å². The third-order valence-corrected chi connectivity index (χ3v) is 9.69. The molecule has 1 atom stereocenters. The van der Waals surface area contributed by atoms with E-state index in [1.165, 1.54) is 24.4 Å². The van der Waals surface area contributed by atoms with Crippen LogP contribution in [0.15, 0.2) is 85.1 Å². The van der Waals surface area contributed by atoms with Gasteiger partial charge in [-0.3, -0.25) is 24.2 Å². The Labute approximate surface area is 319 Å². The van der Waals surface area contributed by atoms with Gasteiger partial charge in [-0.2, -0.15) is 13.2 Å². The smallest absolute Gasteiger partial charge is 0.385 e. The molecular weight excluding hydrogens is 711 g/mol. The van der Waals surface area contributed by atoms with Crippen LogP contribution >= 0.6 is 0 Å². The quantitative estimate of drug-likeness (QED) is 0.120. The van der Waals surface area contributed by atoms with Crippen molar-refractivity contribution in [2.75, 3.05) is 50.1 Å². The van der Waals surface area contributed by atoms with E-state index in [0.29, 0.717) is 80.1 Å². The van der Waals surface area contributed by atoms with Gasteiger partial charge in [-0.15, -0.1) is 0 Å². The Hall–Kier alpha value is -5.56. The zero-order chi connectivity index (χ0) is 39.5. The highest BCUT2D eigenvalue weighted by Gasteiger charge is 2.31. The molecular formula is C42H46F3N5O5. The van der Waals surface area contributed by atoms with E-state index in [4.69, 9.17) is 4.74 Å². The van der Waals surface area contributed by atoms with Crippen molar-refractivity contribution in [2.45, 2.75) is 52.3 Å². The van der Waals surface area contributed by atoms with Gasteiger partial charge in [0, 0.05) is 92.9 Å². The molecule has 4 aromatic rings. The number of likely N-dealkylation sites (tertiary alicyclic amines) is 1. The van der Waals surface area contributed by atoms with Crippen LogP contribution in [0.5, 0.6) is 0 Å². The lowest BCUT2D eigenvalue weighted by Gasteiger charge is -2.32. The molecule has 2 heterocycles. The number of nitrogens with zero attached hydrogens (tertiary/aromatic N) is 3. The fourth-order valence-corrected chi connectivity index (χ4v) is 6.69. The Balaban J connectivity index is 1.35. The maximum Gasteiger partial charge on any atom is 0.416 e. The SMILES string of the molecule is CCN(CC)c1ccc(NC(=O)c2cccc(C(=O)N3CCC[C@H](C(=O)CCCOC)C3)c2)c(-c2cc(C(=O)NCc3cccc(C(F)(F)F)c3)ccn2)c1. The number of hydrogen-bond donors (Lipinski definition) is 2. The van der Waals surface area contributed by atoms with E-state index in [1.54, 1.807) is 48.4 Å². The van der Waals surface area contributed by atoms with Gasteiger partial charge in [0.2, 0.25) is 0 Å². The third-order valence-electron chi connectivity index (χ3n) is 9.69. The number of alkyl halides is 3. The van der Waals surface area contributed by atoms with Crippen molar-refractivity contribution in [1.82, 2.24) is 15.2 Å². The van der Waals surface area contributed by atoms with Crippen LogP contribution in [0.4, 0.5) is 24.5 Å². The minimum absolute atomic E-state index is 0.119. The second kappa shape index (κ2) is 18.7. The summed E-state index contributed by atoms with van der Waals surface area (Å²) in [4.78, 5) is 61.7. The summed E-state index contributed by atoms with van der Waals surface area (Å²) in [5.41, 5.74) is 2.51. The molecule has 2 N–H and O–H groups in total. The number of nitrogens with one attached hydrogen (secondary N) is 2. The highest BCUT2D eigenvalue weighted by Crippen LogP contribution is 2.33. The summed E-state index contributed by atoms with van der Waals surface area (Å²) < 4.78 is 44.7. The first-order valence-electron chi connectivity index (χ1n) is 18.4. The number of ether oxygens (including phenoxy) is 1. The molecule has 290 valence electrons. The predicted octanol–water partition coefficient (Wildman–Crippen LogP) is 7.64. The van der Waals surface area contributed by atoms with Gasteiger partial charge in [0.1, 0.15) is 5.78 Å². The van der Waals surface area contributed by atoms with Crippen molar-refractivity contribution in [1.29, 1.82) is 0 Å². The molecule has 1 fully saturated rings. The number of amides is 3. The van der Waals surface area contributed by atoms with E-state index in [1.807, 2.05) is 26.0 Å². The maximum atomic E-state index is 13.8. The molecule has 1 aromatic heterocycles. The fraction of sp³-hybridized carbons (Fsp3) is 0.357. The molecule has 0 unspecified atom stereocenters. The average Bonchev–Trinajstić information content (AvgIpc) is 3.20. The Morgan fingerprint density at radius 3 is 2.40 bits per heavy atom. The fourth-order valence-electron chi connectivity index (χ4n) is 6.69. The number of aromatic nitrogens is 1. The molecule has 0 aliphatic carbocycles. The lowest BCUT2D eigenvalue weighted by atomic mass is 9.91. The van der Waals surface area contributed by atoms with Crippen molar-refractivity contribution in [2.24, 2.45) is 5.92 Å². The number of piperidine rings is 1. The molecule has 10 nitrogen and oxygen atoms in total. The van der Waals surface area contributed by atoms with Crippen molar-refractivity contribution in [3.05, 3.63) is 113 Å². The molecule has 3 amide bonds. The summed E-state index contributed by atoms with van der Waals surface area (Å²) in [5, 5.41) is 5.64. The van der Waals surface area contributed by atoms with Crippen LogP contribution in [0, 0.1) is 5.92 Å². The zero-order valence-electron chi connectivity index (χ0n) is 31.2. The number of anilines is 2. The second-order valence-corrected chi connectivity index (χ2v) is 13.4. The number of hydrogen-bond acceptors (Lipinski definition) is 7. The van der Waals surface area contributed by atoms with Gasteiger partial charge in [-0.05, 0) is 99.3 Å². The van der Waals surface area contributed by atoms with Crippen LogP contribution in [-0.4, -0.2) is 73.3 Å². The van der Waals surface area contributed by atoms with Crippen LogP contribution in [0.25, 0.3) is 11.3 Å². The lowest BCUT2D eigenvalue weighted by Crippen LogP contribution is -2.42. The number of carbonyl (C=O) groups is 4. The highest BCUT2D eigenvalue weighted by molar-refractivity contribution is 6.08. The van der Waals surface area contributed by atoms with E-state index in [9.17, 15) is 32.3 Å². The topological polar surface area (TPSA) is 121 Å². The van der Waals surface area contributed by atoms with Gasteiger partial charge < -0.3 is 25.2 Å². The van der Waals surface area contributed by atoms with Crippen molar-refractivity contribution in [3.63, 3.8) is 0 Å². The molecule has 0 saturated carbocycles. The van der Waals surface area contributed by atoms with Crippen LogP contribution in [0.2, 0.25) is 0 Å². The van der Waals surface area contributed by atoms with Gasteiger partial charge in [-0.1, -0.05) is 18.2 Å². The zero-order valence-corrected chi connectivity index (χ0v) is 31.2. The summed E-state index contributed by atoms with van der Waals surface area (Å²) in [6, 6.07) is 19.8. The summed E-state index contributed by atoms with van der Waals surface area (Å²) in [5.74, 6) is -1.33. The summed E-state index contributed by atoms with van der Waals surface area (Å²) in [6.07, 6.45) is -0.555. The minimum Gasteiger partial charge on any atom is -0.385 e. The number of pyridine rings is 1. The van der Waals surface area contributed by atoms with Gasteiger partial charge in [-0.25, -0.2) is 0 Å². The molecule has 0 radical (unpaired) electrons. The first-order valence-corrected chi connectivity index (χ1v) is 18.4. The number of rotatable bonds is 15. The summed E-state index contributed by atoms with van der Waals surface area (Å²) >= 11 is 0. The largest absolute Gasteiger partial charge is 0.416 e. The molecule has 13 heteroatoms. The summed E-state index contributed by atoms with van der Waals surface area (Å²) in [7, 11) is 1.60. The Bertz CT molecular complexity index is 2000. The molecule has 5 rings (SSSR count). The van der Waals surface area contributed by atoms with E-state index < -0.39 is 23.6 Å². The van der Waals surface area contributed by atoms with Crippen LogP contribution in [0.1, 0.15) is 81.7 Å². The van der Waals surface area contributed by atoms with Crippen LogP contribution in [0.3, 0.4) is 0 Å². The molecule has 3 aromatic carbocycles. The molecule has 1 aliphatic rings. The Morgan fingerprint density at radius 2 is 1.65 bits per heavy atom. The van der Waals surface area contributed by atoms with E-state index in [0.717, 1.165) is 24.2 Å². The normalized spacial score (nSPS) is 14.3. The Kier molecular flexibility index (Phi) is 13.8. The van der Waals surface area contributed by atoms with E-state index in [-0.39, 0.29) is 35.3 Å². The predicted molar refractivity (Wildman–Crippen MR) is 205 cm³/mol. The van der Waals surface area contributed by atoms with Crippen LogP contribution in [-0.2, 0) is 22.3 Å². The number of benzene rings is 3. The van der Waals surface area contributed by atoms with Crippen LogP contribution < -0.4 is 15.5 Å².